The molecule has 0 atom stereocenters. The molecule has 186 valence electrons. The van der Waals surface area contributed by atoms with Gasteiger partial charge in [-0.3, -0.25) is 19.2 Å². The second-order valence-corrected chi connectivity index (χ2v) is 10.8. The van der Waals surface area contributed by atoms with Crippen LogP contribution in [0.2, 0.25) is 5.02 Å². The van der Waals surface area contributed by atoms with Crippen LogP contribution in [0.1, 0.15) is 41.6 Å². The second kappa shape index (κ2) is 9.85. The fraction of sp³-hybridized carbons (Fsp3) is 0.379. The van der Waals surface area contributed by atoms with E-state index in [-0.39, 0.29) is 12.2 Å². The van der Waals surface area contributed by atoms with E-state index in [1.165, 1.54) is 61.8 Å². The molecular formula is C29H31ClN4O2. The SMILES string of the molecule is O=c1cc(OCc2ccc(Cl)cn2)ccn1C1=Cc2ccc(CN3CC4(CCNCC4)C3)cc2CC1. The maximum Gasteiger partial charge on any atom is 0.258 e. The highest BCUT2D eigenvalue weighted by Crippen LogP contribution is 2.39. The third-order valence-electron chi connectivity index (χ3n) is 7.74. The predicted octanol–water partition coefficient (Wildman–Crippen LogP) is 4.61. The number of ether oxygens (including phenoxy) is 1. The van der Waals surface area contributed by atoms with Gasteiger partial charge in [-0.2, -0.15) is 0 Å². The lowest BCUT2D eigenvalue weighted by Crippen LogP contribution is -2.59. The Balaban J connectivity index is 1.10. The molecule has 4 heterocycles. The standard InChI is InChI=1S/C29H31ClN4O2/c30-24-4-5-25(32-16-24)18-36-27-7-12-34(28(35)15-27)26-6-3-22-13-21(1-2-23(22)14-26)17-33-19-29(20-33)8-10-31-11-9-29/h1-2,4-5,7,12-16,31H,3,6,8-11,17-20H2. The minimum atomic E-state index is -0.0903. The number of hydrogen-bond donors (Lipinski definition) is 1. The van der Waals surface area contributed by atoms with Gasteiger partial charge < -0.3 is 10.1 Å². The summed E-state index contributed by atoms with van der Waals surface area (Å²) >= 11 is 5.88. The van der Waals surface area contributed by atoms with Crippen LogP contribution in [0, 0.1) is 5.41 Å². The Labute approximate surface area is 216 Å². The largest absolute Gasteiger partial charge is 0.487 e. The van der Waals surface area contributed by atoms with Crippen molar-refractivity contribution in [2.24, 2.45) is 5.41 Å². The first-order valence-electron chi connectivity index (χ1n) is 12.8. The maximum absolute atomic E-state index is 12.8. The third kappa shape index (κ3) is 4.99. The van der Waals surface area contributed by atoms with Crippen molar-refractivity contribution in [3.8, 4) is 5.75 Å². The number of likely N-dealkylation sites (tertiary alicyclic amines) is 1. The summed E-state index contributed by atoms with van der Waals surface area (Å²) in [7, 11) is 0. The number of aromatic nitrogens is 2. The van der Waals surface area contributed by atoms with E-state index < -0.39 is 0 Å². The van der Waals surface area contributed by atoms with E-state index in [1.54, 1.807) is 23.0 Å². The number of allylic oxidation sites excluding steroid dienone is 1. The first-order chi connectivity index (χ1) is 17.6. The number of nitrogens with zero attached hydrogens (tertiary/aromatic N) is 3. The maximum atomic E-state index is 12.8. The van der Waals surface area contributed by atoms with Gasteiger partial charge in [-0.15, -0.1) is 0 Å². The summed E-state index contributed by atoms with van der Waals surface area (Å²) in [6.45, 7) is 6.12. The van der Waals surface area contributed by atoms with E-state index in [0.29, 0.717) is 16.2 Å². The molecule has 2 saturated heterocycles. The van der Waals surface area contributed by atoms with Gasteiger partial charge in [0, 0.05) is 43.8 Å². The Morgan fingerprint density at radius 1 is 1.06 bits per heavy atom. The molecule has 6 nitrogen and oxygen atoms in total. The minimum Gasteiger partial charge on any atom is -0.487 e. The summed E-state index contributed by atoms with van der Waals surface area (Å²) in [4.78, 5) is 19.7. The Kier molecular flexibility index (Phi) is 6.42. The summed E-state index contributed by atoms with van der Waals surface area (Å²) in [6.07, 6.45) is 9.95. The molecule has 36 heavy (non-hydrogen) atoms. The quantitative estimate of drug-likeness (QED) is 0.533. The van der Waals surface area contributed by atoms with E-state index in [0.717, 1.165) is 30.8 Å². The summed E-state index contributed by atoms with van der Waals surface area (Å²) in [6, 6.07) is 13.8. The van der Waals surface area contributed by atoms with Gasteiger partial charge in [-0.05, 0) is 85.2 Å². The zero-order chi connectivity index (χ0) is 24.5. The first kappa shape index (κ1) is 23.5. The molecule has 1 N–H and O–H groups in total. The highest BCUT2D eigenvalue weighted by atomic mass is 35.5. The van der Waals surface area contributed by atoms with Gasteiger partial charge in [0.15, 0.2) is 0 Å². The number of rotatable bonds is 6. The van der Waals surface area contributed by atoms with E-state index in [4.69, 9.17) is 16.3 Å². The van der Waals surface area contributed by atoms with Gasteiger partial charge in [0.05, 0.1) is 10.7 Å². The Hall–Kier alpha value is -2.93. The van der Waals surface area contributed by atoms with Gasteiger partial charge in [0.25, 0.3) is 5.56 Å². The monoisotopic (exact) mass is 502 g/mol. The molecule has 7 heteroatoms. The molecular weight excluding hydrogens is 472 g/mol. The third-order valence-corrected chi connectivity index (χ3v) is 7.97. The molecule has 1 aromatic carbocycles. The molecule has 0 unspecified atom stereocenters. The summed E-state index contributed by atoms with van der Waals surface area (Å²) in [5, 5.41) is 4.07. The van der Waals surface area contributed by atoms with Crippen molar-refractivity contribution >= 4 is 23.4 Å². The molecule has 0 radical (unpaired) electrons. The second-order valence-electron chi connectivity index (χ2n) is 10.4. The van der Waals surface area contributed by atoms with Crippen molar-refractivity contribution in [1.82, 2.24) is 19.8 Å². The van der Waals surface area contributed by atoms with Crippen LogP contribution < -0.4 is 15.6 Å². The predicted molar refractivity (Wildman–Crippen MR) is 143 cm³/mol. The molecule has 2 aliphatic heterocycles. The van der Waals surface area contributed by atoms with Crippen molar-refractivity contribution in [3.63, 3.8) is 0 Å². The fourth-order valence-corrected chi connectivity index (χ4v) is 5.91. The Bertz CT molecular complexity index is 1330. The molecule has 6 rings (SSSR count). The lowest BCUT2D eigenvalue weighted by Gasteiger charge is -2.52. The van der Waals surface area contributed by atoms with E-state index >= 15 is 0 Å². The molecule has 0 amide bonds. The van der Waals surface area contributed by atoms with E-state index in [9.17, 15) is 4.79 Å². The van der Waals surface area contributed by atoms with Gasteiger partial charge in [-0.25, -0.2) is 0 Å². The van der Waals surface area contributed by atoms with Crippen LogP contribution in [0.3, 0.4) is 0 Å². The summed E-state index contributed by atoms with van der Waals surface area (Å²) in [5.41, 5.74) is 6.22. The number of hydrogen-bond acceptors (Lipinski definition) is 5. The van der Waals surface area contributed by atoms with Gasteiger partial charge in [0.2, 0.25) is 0 Å². The lowest BCUT2D eigenvalue weighted by atomic mass is 9.72. The molecule has 1 aliphatic carbocycles. The highest BCUT2D eigenvalue weighted by molar-refractivity contribution is 6.30. The number of fused-ring (bicyclic) bond motifs is 1. The minimum absolute atomic E-state index is 0.0903. The molecule has 0 saturated carbocycles. The number of halogens is 1. The average Bonchev–Trinajstić information content (AvgIpc) is 2.88. The first-order valence-corrected chi connectivity index (χ1v) is 13.1. The van der Waals surface area contributed by atoms with Crippen molar-refractivity contribution in [1.29, 1.82) is 0 Å². The van der Waals surface area contributed by atoms with E-state index in [2.05, 4.69) is 39.5 Å². The zero-order valence-corrected chi connectivity index (χ0v) is 21.1. The molecule has 1 spiro atoms. The summed E-state index contributed by atoms with van der Waals surface area (Å²) in [5.74, 6) is 0.534. The smallest absolute Gasteiger partial charge is 0.258 e. The number of piperidine rings is 1. The molecule has 2 aromatic heterocycles. The molecule has 2 fully saturated rings. The van der Waals surface area contributed by atoms with Gasteiger partial charge in [0.1, 0.15) is 12.4 Å². The lowest BCUT2D eigenvalue weighted by molar-refractivity contribution is -0.0282. The van der Waals surface area contributed by atoms with Crippen LogP contribution in [-0.4, -0.2) is 40.6 Å². The zero-order valence-electron chi connectivity index (χ0n) is 20.4. The van der Waals surface area contributed by atoms with E-state index in [1.807, 2.05) is 12.1 Å². The van der Waals surface area contributed by atoms with Crippen LogP contribution >= 0.6 is 11.6 Å². The topological polar surface area (TPSA) is 59.4 Å². The molecule has 0 bridgehead atoms. The van der Waals surface area contributed by atoms with Crippen molar-refractivity contribution in [3.05, 3.63) is 92.6 Å². The number of pyridine rings is 2. The summed E-state index contributed by atoms with van der Waals surface area (Å²) < 4.78 is 7.49. The molecule has 3 aliphatic rings. The normalized spacial score (nSPS) is 18.9. The van der Waals surface area contributed by atoms with Gasteiger partial charge >= 0.3 is 0 Å². The number of aryl methyl sites for hydroxylation is 1. The van der Waals surface area contributed by atoms with Crippen LogP contribution in [-0.2, 0) is 19.6 Å². The van der Waals surface area contributed by atoms with Crippen molar-refractivity contribution < 1.29 is 4.74 Å². The van der Waals surface area contributed by atoms with Crippen LogP contribution in [0.25, 0.3) is 11.8 Å². The highest BCUT2D eigenvalue weighted by Gasteiger charge is 2.42. The number of nitrogens with one attached hydrogen (secondary N) is 1. The van der Waals surface area contributed by atoms with Crippen molar-refractivity contribution in [2.45, 2.75) is 38.8 Å². The van der Waals surface area contributed by atoms with Crippen LogP contribution in [0.4, 0.5) is 0 Å². The number of benzene rings is 1. The average molecular weight is 503 g/mol. The Morgan fingerprint density at radius 3 is 2.69 bits per heavy atom. The van der Waals surface area contributed by atoms with Crippen LogP contribution in [0.5, 0.6) is 5.75 Å². The van der Waals surface area contributed by atoms with Crippen LogP contribution in [0.15, 0.2) is 59.7 Å². The molecule has 3 aromatic rings. The Morgan fingerprint density at radius 2 is 1.92 bits per heavy atom. The fourth-order valence-electron chi connectivity index (χ4n) is 5.80. The van der Waals surface area contributed by atoms with Crippen molar-refractivity contribution in [2.75, 3.05) is 26.2 Å². The van der Waals surface area contributed by atoms with Gasteiger partial charge in [-0.1, -0.05) is 29.8 Å².